The second-order valence-electron chi connectivity index (χ2n) is 3.08. The highest BCUT2D eigenvalue weighted by Gasteiger charge is 2.06. The first-order valence-electron chi connectivity index (χ1n) is 4.50. The predicted octanol–water partition coefficient (Wildman–Crippen LogP) is 4.07. The highest BCUT2D eigenvalue weighted by molar-refractivity contribution is 14.1. The Labute approximate surface area is 117 Å². The minimum absolute atomic E-state index is 0.667. The number of pyridine rings is 1. The van der Waals surface area contributed by atoms with Crippen LogP contribution < -0.4 is 5.73 Å². The lowest BCUT2D eigenvalue weighted by Crippen LogP contribution is -1.88. The molecule has 1 heterocycles. The van der Waals surface area contributed by atoms with Crippen LogP contribution in [0.2, 0.25) is 5.02 Å². The van der Waals surface area contributed by atoms with E-state index in [1.807, 2.05) is 30.3 Å². The molecular formula is C11H8ClIN2S. The van der Waals surface area contributed by atoms with Gasteiger partial charge in [-0.15, -0.1) is 0 Å². The molecule has 0 unspecified atom stereocenters. The maximum absolute atomic E-state index is 6.05. The number of benzene rings is 1. The molecule has 0 saturated carbocycles. The molecular weight excluding hydrogens is 355 g/mol. The van der Waals surface area contributed by atoms with Crippen molar-refractivity contribution in [1.29, 1.82) is 0 Å². The van der Waals surface area contributed by atoms with Crippen LogP contribution in [-0.4, -0.2) is 4.98 Å². The maximum atomic E-state index is 6.05. The molecule has 2 rings (SSSR count). The van der Waals surface area contributed by atoms with Crippen molar-refractivity contribution in [3.8, 4) is 0 Å². The number of aromatic nitrogens is 1. The molecule has 0 spiro atoms. The second-order valence-corrected chi connectivity index (χ2v) is 5.68. The summed E-state index contributed by atoms with van der Waals surface area (Å²) in [5.41, 5.74) is 6.46. The summed E-state index contributed by atoms with van der Waals surface area (Å²) in [4.78, 5) is 5.34. The first-order valence-corrected chi connectivity index (χ1v) is 6.77. The van der Waals surface area contributed by atoms with Gasteiger partial charge in [0.2, 0.25) is 0 Å². The Morgan fingerprint density at radius 3 is 2.81 bits per heavy atom. The van der Waals surface area contributed by atoms with E-state index >= 15 is 0 Å². The smallest absolute Gasteiger partial charge is 0.119 e. The van der Waals surface area contributed by atoms with E-state index in [0.29, 0.717) is 5.02 Å². The van der Waals surface area contributed by atoms with Gasteiger partial charge in [-0.1, -0.05) is 23.4 Å². The molecule has 5 heteroatoms. The van der Waals surface area contributed by atoms with E-state index in [9.17, 15) is 0 Å². The van der Waals surface area contributed by atoms with E-state index < -0.39 is 0 Å². The molecule has 0 atom stereocenters. The Hall–Kier alpha value is -0.460. The first-order chi connectivity index (χ1) is 7.66. The molecule has 0 aliphatic carbocycles. The molecule has 16 heavy (non-hydrogen) atoms. The molecule has 0 aliphatic rings. The van der Waals surface area contributed by atoms with Gasteiger partial charge < -0.3 is 5.73 Å². The fraction of sp³-hybridized carbons (Fsp3) is 0. The number of hydrogen-bond acceptors (Lipinski definition) is 3. The maximum Gasteiger partial charge on any atom is 0.119 e. The summed E-state index contributed by atoms with van der Waals surface area (Å²) in [6.45, 7) is 0. The van der Waals surface area contributed by atoms with Gasteiger partial charge >= 0.3 is 0 Å². The summed E-state index contributed by atoms with van der Waals surface area (Å²) in [5.74, 6) is 0. The van der Waals surface area contributed by atoms with Crippen LogP contribution >= 0.6 is 46.0 Å². The lowest BCUT2D eigenvalue weighted by Gasteiger charge is -2.05. The van der Waals surface area contributed by atoms with Crippen LogP contribution in [0.4, 0.5) is 5.69 Å². The Bertz CT molecular complexity index is 519. The Kier molecular flexibility index (Phi) is 3.94. The average molecular weight is 363 g/mol. The Balaban J connectivity index is 2.31. The van der Waals surface area contributed by atoms with Gasteiger partial charge in [-0.05, 0) is 52.9 Å². The number of nitrogens with two attached hydrogens (primary N) is 1. The van der Waals surface area contributed by atoms with E-state index in [0.717, 1.165) is 19.2 Å². The summed E-state index contributed by atoms with van der Waals surface area (Å²) < 4.78 is 1.10. The van der Waals surface area contributed by atoms with Crippen molar-refractivity contribution < 1.29 is 0 Å². The van der Waals surface area contributed by atoms with Crippen LogP contribution in [0.1, 0.15) is 0 Å². The lowest BCUT2D eigenvalue weighted by atomic mass is 10.3. The first kappa shape index (κ1) is 12.0. The number of rotatable bonds is 2. The number of halogens is 2. The van der Waals surface area contributed by atoms with Crippen LogP contribution in [-0.2, 0) is 0 Å². The minimum atomic E-state index is 0.667. The monoisotopic (exact) mass is 362 g/mol. The van der Waals surface area contributed by atoms with Gasteiger partial charge in [0.05, 0.1) is 5.02 Å². The van der Waals surface area contributed by atoms with Crippen molar-refractivity contribution in [2.75, 3.05) is 5.73 Å². The SMILES string of the molecule is Nc1ccc(Sc2ncccc2Cl)c(I)c1. The zero-order chi connectivity index (χ0) is 11.5. The van der Waals surface area contributed by atoms with Gasteiger partial charge in [-0.2, -0.15) is 0 Å². The highest BCUT2D eigenvalue weighted by atomic mass is 127. The molecule has 0 fully saturated rings. The fourth-order valence-corrected chi connectivity index (χ4v) is 3.04. The molecule has 0 amide bonds. The van der Waals surface area contributed by atoms with Crippen molar-refractivity contribution in [3.63, 3.8) is 0 Å². The van der Waals surface area contributed by atoms with Gasteiger partial charge in [-0.25, -0.2) is 4.98 Å². The average Bonchev–Trinajstić information content (AvgIpc) is 2.25. The van der Waals surface area contributed by atoms with Crippen molar-refractivity contribution in [2.45, 2.75) is 9.92 Å². The molecule has 0 saturated heterocycles. The third-order valence-electron chi connectivity index (χ3n) is 1.89. The normalized spacial score (nSPS) is 10.4. The second kappa shape index (κ2) is 5.25. The standard InChI is InChI=1S/C11H8ClIN2S/c12-8-2-1-5-15-11(8)16-10-4-3-7(14)6-9(10)13/h1-6H,14H2. The Morgan fingerprint density at radius 1 is 1.31 bits per heavy atom. The summed E-state index contributed by atoms with van der Waals surface area (Å²) in [6, 6.07) is 9.44. The van der Waals surface area contributed by atoms with E-state index in [1.54, 1.807) is 18.0 Å². The highest BCUT2D eigenvalue weighted by Crippen LogP contribution is 2.34. The fourth-order valence-electron chi connectivity index (χ4n) is 1.15. The largest absolute Gasteiger partial charge is 0.399 e. The van der Waals surface area contributed by atoms with Crippen molar-refractivity contribution in [2.24, 2.45) is 0 Å². The van der Waals surface area contributed by atoms with Gasteiger partial charge in [-0.3, -0.25) is 0 Å². The lowest BCUT2D eigenvalue weighted by molar-refractivity contribution is 1.13. The molecule has 1 aromatic heterocycles. The van der Waals surface area contributed by atoms with Crippen LogP contribution in [0.3, 0.4) is 0 Å². The van der Waals surface area contributed by atoms with Crippen molar-refractivity contribution >= 4 is 51.6 Å². The number of nitrogen functional groups attached to an aromatic ring is 1. The van der Waals surface area contributed by atoms with Gasteiger partial charge in [0.1, 0.15) is 5.03 Å². The predicted molar refractivity (Wildman–Crippen MR) is 76.9 cm³/mol. The van der Waals surface area contributed by atoms with Crippen LogP contribution in [0, 0.1) is 3.57 Å². The molecule has 0 bridgehead atoms. The van der Waals surface area contributed by atoms with E-state index in [4.69, 9.17) is 17.3 Å². The minimum Gasteiger partial charge on any atom is -0.399 e. The van der Waals surface area contributed by atoms with E-state index in [-0.39, 0.29) is 0 Å². The molecule has 82 valence electrons. The van der Waals surface area contributed by atoms with Crippen molar-refractivity contribution in [3.05, 3.63) is 45.1 Å². The number of hydrogen-bond donors (Lipinski definition) is 1. The zero-order valence-corrected chi connectivity index (χ0v) is 11.9. The topological polar surface area (TPSA) is 38.9 Å². The third kappa shape index (κ3) is 2.81. The quantitative estimate of drug-likeness (QED) is 0.646. The summed E-state index contributed by atoms with van der Waals surface area (Å²) in [5, 5.41) is 1.48. The number of anilines is 1. The summed E-state index contributed by atoms with van der Waals surface area (Å²) >= 11 is 9.84. The molecule has 0 aliphatic heterocycles. The summed E-state index contributed by atoms with van der Waals surface area (Å²) in [6.07, 6.45) is 1.73. The molecule has 2 nitrogen and oxygen atoms in total. The molecule has 0 radical (unpaired) electrons. The zero-order valence-electron chi connectivity index (χ0n) is 8.15. The van der Waals surface area contributed by atoms with Crippen LogP contribution in [0.5, 0.6) is 0 Å². The van der Waals surface area contributed by atoms with Crippen molar-refractivity contribution in [1.82, 2.24) is 4.98 Å². The van der Waals surface area contributed by atoms with Crippen LogP contribution in [0.25, 0.3) is 0 Å². The molecule has 2 N–H and O–H groups in total. The van der Waals surface area contributed by atoms with E-state index in [1.165, 1.54) is 0 Å². The third-order valence-corrected chi connectivity index (χ3v) is 4.66. The summed E-state index contributed by atoms with van der Waals surface area (Å²) in [7, 11) is 0. The van der Waals surface area contributed by atoms with E-state index in [2.05, 4.69) is 27.6 Å². The molecule has 2 aromatic rings. The van der Waals surface area contributed by atoms with Gasteiger partial charge in [0.15, 0.2) is 0 Å². The number of nitrogens with zero attached hydrogens (tertiary/aromatic N) is 1. The van der Waals surface area contributed by atoms with Gasteiger partial charge in [0, 0.05) is 20.3 Å². The Morgan fingerprint density at radius 2 is 2.12 bits per heavy atom. The van der Waals surface area contributed by atoms with Gasteiger partial charge in [0.25, 0.3) is 0 Å². The van der Waals surface area contributed by atoms with Crippen LogP contribution in [0.15, 0.2) is 46.5 Å². The molecule has 1 aromatic carbocycles.